The van der Waals surface area contributed by atoms with E-state index in [0.29, 0.717) is 25.9 Å². The van der Waals surface area contributed by atoms with E-state index in [2.05, 4.69) is 4.72 Å². The lowest BCUT2D eigenvalue weighted by Gasteiger charge is -2.31. The number of carboxylic acids is 1. The SMILES string of the molecule is CSC(C)(C)CNS(=O)(=O)N1CCCC(C(=O)O)C1. The van der Waals surface area contributed by atoms with E-state index in [1.807, 2.05) is 20.1 Å². The fourth-order valence-electron chi connectivity index (χ4n) is 1.79. The molecule has 1 atom stereocenters. The number of nitrogens with zero attached hydrogens (tertiary/aromatic N) is 1. The lowest BCUT2D eigenvalue weighted by Crippen LogP contribution is -2.49. The molecule has 0 aromatic carbocycles. The number of carbonyl (C=O) groups is 1. The van der Waals surface area contributed by atoms with Crippen molar-refractivity contribution in [3.8, 4) is 0 Å². The molecule has 0 radical (unpaired) electrons. The smallest absolute Gasteiger partial charge is 0.307 e. The molecule has 1 fully saturated rings. The predicted molar refractivity (Wildman–Crippen MR) is 76.4 cm³/mol. The van der Waals surface area contributed by atoms with Crippen LogP contribution in [0.2, 0.25) is 0 Å². The van der Waals surface area contributed by atoms with Crippen LogP contribution in [-0.4, -0.2) is 54.4 Å². The molecule has 2 N–H and O–H groups in total. The number of hydrogen-bond acceptors (Lipinski definition) is 4. The van der Waals surface area contributed by atoms with Gasteiger partial charge in [-0.15, -0.1) is 0 Å². The number of nitrogens with one attached hydrogen (secondary N) is 1. The summed E-state index contributed by atoms with van der Waals surface area (Å²) >= 11 is 1.58. The van der Waals surface area contributed by atoms with Gasteiger partial charge in [-0.05, 0) is 32.9 Å². The van der Waals surface area contributed by atoms with E-state index in [9.17, 15) is 13.2 Å². The van der Waals surface area contributed by atoms with Crippen molar-refractivity contribution < 1.29 is 18.3 Å². The van der Waals surface area contributed by atoms with E-state index < -0.39 is 22.1 Å². The van der Waals surface area contributed by atoms with Crippen LogP contribution in [0.5, 0.6) is 0 Å². The molecule has 1 aliphatic heterocycles. The maximum Gasteiger partial charge on any atom is 0.307 e. The largest absolute Gasteiger partial charge is 0.481 e. The zero-order valence-electron chi connectivity index (χ0n) is 11.5. The molecule has 19 heavy (non-hydrogen) atoms. The Morgan fingerprint density at radius 2 is 2.16 bits per heavy atom. The van der Waals surface area contributed by atoms with E-state index in [1.54, 1.807) is 11.8 Å². The molecule has 0 aromatic heterocycles. The van der Waals surface area contributed by atoms with Crippen LogP contribution in [0.15, 0.2) is 0 Å². The molecule has 112 valence electrons. The highest BCUT2D eigenvalue weighted by Gasteiger charge is 2.32. The summed E-state index contributed by atoms with van der Waals surface area (Å²) in [7, 11) is -3.59. The molecule has 0 bridgehead atoms. The van der Waals surface area contributed by atoms with Gasteiger partial charge in [0, 0.05) is 24.4 Å². The highest BCUT2D eigenvalue weighted by atomic mass is 32.2. The van der Waals surface area contributed by atoms with Crippen LogP contribution in [0, 0.1) is 5.92 Å². The maximum atomic E-state index is 12.1. The van der Waals surface area contributed by atoms with Gasteiger partial charge >= 0.3 is 5.97 Å². The summed E-state index contributed by atoms with van der Waals surface area (Å²) in [4.78, 5) is 10.9. The maximum absolute atomic E-state index is 12.1. The van der Waals surface area contributed by atoms with Gasteiger partial charge in [0.2, 0.25) is 0 Å². The van der Waals surface area contributed by atoms with Crippen molar-refractivity contribution in [2.45, 2.75) is 31.4 Å². The number of aliphatic carboxylic acids is 1. The molecule has 1 heterocycles. The number of thioether (sulfide) groups is 1. The second-order valence-corrected chi connectivity index (χ2v) is 8.59. The molecule has 0 spiro atoms. The van der Waals surface area contributed by atoms with Crippen LogP contribution in [0.25, 0.3) is 0 Å². The third kappa shape index (κ3) is 4.94. The summed E-state index contributed by atoms with van der Waals surface area (Å²) in [5.74, 6) is -1.52. The second-order valence-electron chi connectivity index (χ2n) is 5.33. The first-order valence-corrected chi connectivity index (χ1v) is 8.87. The van der Waals surface area contributed by atoms with Gasteiger partial charge in [0.1, 0.15) is 0 Å². The highest BCUT2D eigenvalue weighted by molar-refractivity contribution is 8.00. The van der Waals surface area contributed by atoms with E-state index in [4.69, 9.17) is 5.11 Å². The highest BCUT2D eigenvalue weighted by Crippen LogP contribution is 2.22. The van der Waals surface area contributed by atoms with Gasteiger partial charge in [-0.25, -0.2) is 4.72 Å². The van der Waals surface area contributed by atoms with E-state index in [1.165, 1.54) is 4.31 Å². The molecule has 0 amide bonds. The Hall–Kier alpha value is -0.310. The van der Waals surface area contributed by atoms with E-state index in [-0.39, 0.29) is 11.3 Å². The van der Waals surface area contributed by atoms with Gasteiger partial charge in [-0.3, -0.25) is 4.79 Å². The Balaban J connectivity index is 2.64. The summed E-state index contributed by atoms with van der Waals surface area (Å²) in [6.45, 7) is 4.68. The Morgan fingerprint density at radius 1 is 1.53 bits per heavy atom. The summed E-state index contributed by atoms with van der Waals surface area (Å²) in [5, 5.41) is 8.97. The topological polar surface area (TPSA) is 86.7 Å². The minimum Gasteiger partial charge on any atom is -0.481 e. The Labute approximate surface area is 119 Å². The van der Waals surface area contributed by atoms with Crippen LogP contribution in [0.4, 0.5) is 0 Å². The molecule has 0 aromatic rings. The lowest BCUT2D eigenvalue weighted by molar-refractivity contribution is -0.142. The van der Waals surface area contributed by atoms with Gasteiger partial charge in [0.05, 0.1) is 5.92 Å². The van der Waals surface area contributed by atoms with Gasteiger partial charge in [0.25, 0.3) is 10.2 Å². The van der Waals surface area contributed by atoms with Crippen LogP contribution in [-0.2, 0) is 15.0 Å². The summed E-state index contributed by atoms with van der Waals surface area (Å²) < 4.78 is 27.9. The van der Waals surface area contributed by atoms with Crippen LogP contribution in [0.3, 0.4) is 0 Å². The minimum atomic E-state index is -3.59. The standard InChI is InChI=1S/C11H22N2O4S2/c1-11(2,18-3)8-12-19(16,17)13-6-4-5-9(7-13)10(14)15/h9,12H,4-8H2,1-3H3,(H,14,15). The molecule has 6 nitrogen and oxygen atoms in total. The van der Waals surface area contributed by atoms with Crippen molar-refractivity contribution in [1.29, 1.82) is 0 Å². The molecule has 1 saturated heterocycles. The second kappa shape index (κ2) is 6.43. The Morgan fingerprint density at radius 3 is 2.68 bits per heavy atom. The zero-order chi connectivity index (χ0) is 14.7. The van der Waals surface area contributed by atoms with Crippen molar-refractivity contribution in [2.24, 2.45) is 5.92 Å². The van der Waals surface area contributed by atoms with Crippen LogP contribution >= 0.6 is 11.8 Å². The number of piperidine rings is 1. The molecule has 0 aliphatic carbocycles. The average molecular weight is 310 g/mol. The first-order chi connectivity index (χ1) is 8.68. The quantitative estimate of drug-likeness (QED) is 0.756. The van der Waals surface area contributed by atoms with Gasteiger partial charge in [-0.1, -0.05) is 0 Å². The first-order valence-electron chi connectivity index (χ1n) is 6.20. The fraction of sp³-hybridized carbons (Fsp3) is 0.909. The van der Waals surface area contributed by atoms with Crippen molar-refractivity contribution in [3.05, 3.63) is 0 Å². The van der Waals surface area contributed by atoms with Crippen molar-refractivity contribution in [1.82, 2.24) is 9.03 Å². The number of carboxylic acid groups (broad SMARTS) is 1. The van der Waals surface area contributed by atoms with Crippen LogP contribution < -0.4 is 4.72 Å². The molecule has 0 saturated carbocycles. The van der Waals surface area contributed by atoms with Crippen LogP contribution in [0.1, 0.15) is 26.7 Å². The third-order valence-electron chi connectivity index (χ3n) is 3.31. The Kier molecular flexibility index (Phi) is 5.66. The molecular formula is C11H22N2O4S2. The first kappa shape index (κ1) is 16.7. The average Bonchev–Trinajstić information content (AvgIpc) is 2.37. The zero-order valence-corrected chi connectivity index (χ0v) is 13.2. The number of rotatable bonds is 6. The van der Waals surface area contributed by atoms with Gasteiger partial charge in [-0.2, -0.15) is 24.5 Å². The van der Waals surface area contributed by atoms with E-state index in [0.717, 1.165) is 0 Å². The monoisotopic (exact) mass is 310 g/mol. The summed E-state index contributed by atoms with van der Waals surface area (Å²) in [6.07, 6.45) is 3.05. The van der Waals surface area contributed by atoms with Crippen molar-refractivity contribution >= 4 is 27.9 Å². The van der Waals surface area contributed by atoms with Gasteiger partial charge < -0.3 is 5.11 Å². The van der Waals surface area contributed by atoms with Gasteiger partial charge in [0.15, 0.2) is 0 Å². The summed E-state index contributed by atoms with van der Waals surface area (Å²) in [5.41, 5.74) is 0. The normalized spacial score (nSPS) is 22.4. The molecular weight excluding hydrogens is 288 g/mol. The lowest BCUT2D eigenvalue weighted by atomic mass is 10.0. The molecule has 1 unspecified atom stereocenters. The molecule has 8 heteroatoms. The molecule has 1 rings (SSSR count). The van der Waals surface area contributed by atoms with E-state index >= 15 is 0 Å². The Bertz CT molecular complexity index is 422. The van der Waals surface area contributed by atoms with Crippen molar-refractivity contribution in [2.75, 3.05) is 25.9 Å². The molecule has 1 aliphatic rings. The number of hydrogen-bond donors (Lipinski definition) is 2. The third-order valence-corrected chi connectivity index (χ3v) is 6.08. The minimum absolute atomic E-state index is 0.0599. The van der Waals surface area contributed by atoms with Crippen molar-refractivity contribution in [3.63, 3.8) is 0 Å². The predicted octanol–water partition coefficient (Wildman–Crippen LogP) is 0.759. The summed E-state index contributed by atoms with van der Waals surface area (Å²) in [6, 6.07) is 0. The fourth-order valence-corrected chi connectivity index (χ4v) is 3.57.